The van der Waals surface area contributed by atoms with Gasteiger partial charge in [-0.15, -0.1) is 11.6 Å². The highest BCUT2D eigenvalue weighted by Crippen LogP contribution is 2.18. The molecule has 0 amide bonds. The normalized spacial score (nSPS) is 13.7. The highest BCUT2D eigenvalue weighted by Gasteiger charge is 2.27. The fourth-order valence-electron chi connectivity index (χ4n) is 1.06. The monoisotopic (exact) mass is 376 g/mol. The van der Waals surface area contributed by atoms with Crippen LogP contribution in [0, 0.1) is 3.57 Å². The molecule has 0 aliphatic rings. The van der Waals surface area contributed by atoms with Crippen LogP contribution in [0.3, 0.4) is 0 Å². The van der Waals surface area contributed by atoms with Crippen molar-refractivity contribution in [1.82, 2.24) is 9.97 Å². The molecule has 0 spiro atoms. The predicted octanol–water partition coefficient (Wildman–Crippen LogP) is 1.17. The summed E-state index contributed by atoms with van der Waals surface area (Å²) >= 11 is 7.18. The summed E-state index contributed by atoms with van der Waals surface area (Å²) in [5.41, 5.74) is -0.452. The van der Waals surface area contributed by atoms with E-state index in [9.17, 15) is 13.2 Å². The largest absolute Gasteiger partial charge is 0.312 e. The topological polar surface area (TPSA) is 79.9 Å². The van der Waals surface area contributed by atoms with Gasteiger partial charge < -0.3 is 4.98 Å². The van der Waals surface area contributed by atoms with Gasteiger partial charge in [0.05, 0.1) is 11.6 Å². The molecule has 1 heterocycles. The van der Waals surface area contributed by atoms with Crippen LogP contribution in [0.25, 0.3) is 0 Å². The second-order valence-corrected chi connectivity index (χ2v) is 6.92. The second-order valence-electron chi connectivity index (χ2n) is 3.18. The zero-order valence-corrected chi connectivity index (χ0v) is 12.1. The molecule has 0 saturated heterocycles. The number of nitrogens with one attached hydrogen (secondary N) is 1. The molecule has 1 unspecified atom stereocenters. The summed E-state index contributed by atoms with van der Waals surface area (Å²) in [6.07, 6.45) is 1.42. The van der Waals surface area contributed by atoms with E-state index in [0.717, 1.165) is 6.33 Å². The standard InChI is InChI=1S/C8H10ClIN2O3S/c1-5(2-3-9)16(14,15)8-6(10)7(13)11-4-12-8/h4-5H,2-3H2,1H3,(H,11,12,13). The number of nitrogens with zero attached hydrogens (tertiary/aromatic N) is 1. The fourth-order valence-corrected chi connectivity index (χ4v) is 4.09. The summed E-state index contributed by atoms with van der Waals surface area (Å²) in [5.74, 6) is 0.250. The lowest BCUT2D eigenvalue weighted by Gasteiger charge is -2.11. The number of halogens is 2. The number of alkyl halides is 1. The first-order valence-electron chi connectivity index (χ1n) is 4.44. The Morgan fingerprint density at radius 2 is 2.25 bits per heavy atom. The van der Waals surface area contributed by atoms with Gasteiger partial charge in [0.2, 0.25) is 0 Å². The first-order valence-corrected chi connectivity index (χ1v) is 7.60. The third-order valence-corrected chi connectivity index (χ3v) is 5.81. The predicted molar refractivity (Wildman–Crippen MR) is 69.6 cm³/mol. The van der Waals surface area contributed by atoms with Crippen LogP contribution in [-0.4, -0.2) is 29.5 Å². The Labute approximate surface area is 112 Å². The van der Waals surface area contributed by atoms with Gasteiger partial charge in [-0.3, -0.25) is 4.79 Å². The molecular formula is C8H10ClIN2O3S. The van der Waals surface area contributed by atoms with E-state index >= 15 is 0 Å². The molecule has 0 fully saturated rings. The van der Waals surface area contributed by atoms with Crippen molar-refractivity contribution < 1.29 is 8.42 Å². The van der Waals surface area contributed by atoms with Crippen LogP contribution in [0.4, 0.5) is 0 Å². The first kappa shape index (κ1) is 13.9. The molecule has 1 atom stereocenters. The van der Waals surface area contributed by atoms with Crippen LogP contribution in [-0.2, 0) is 9.84 Å². The third kappa shape index (κ3) is 2.75. The summed E-state index contributed by atoms with van der Waals surface area (Å²) < 4.78 is 24.1. The van der Waals surface area contributed by atoms with E-state index in [1.807, 2.05) is 0 Å². The van der Waals surface area contributed by atoms with Gasteiger partial charge in [-0.05, 0) is 35.9 Å². The molecule has 8 heteroatoms. The van der Waals surface area contributed by atoms with Gasteiger partial charge in [-0.1, -0.05) is 0 Å². The molecule has 0 saturated carbocycles. The van der Waals surface area contributed by atoms with E-state index < -0.39 is 20.6 Å². The van der Waals surface area contributed by atoms with Crippen molar-refractivity contribution in [3.05, 3.63) is 20.3 Å². The summed E-state index contributed by atoms with van der Waals surface area (Å²) in [6, 6.07) is 0. The highest BCUT2D eigenvalue weighted by atomic mass is 127. The number of rotatable bonds is 4. The number of aromatic amines is 1. The van der Waals surface area contributed by atoms with E-state index in [0.29, 0.717) is 6.42 Å². The molecule has 90 valence electrons. The maximum Gasteiger partial charge on any atom is 0.265 e. The van der Waals surface area contributed by atoms with Crippen molar-refractivity contribution in [2.24, 2.45) is 0 Å². The molecule has 0 aliphatic carbocycles. The van der Waals surface area contributed by atoms with Gasteiger partial charge in [0, 0.05) is 5.88 Å². The Hall–Kier alpha value is -0.150. The van der Waals surface area contributed by atoms with E-state index in [1.54, 1.807) is 29.5 Å². The van der Waals surface area contributed by atoms with Crippen molar-refractivity contribution in [2.45, 2.75) is 23.6 Å². The Kier molecular flexibility index (Phi) is 4.74. The molecule has 1 aromatic heterocycles. The number of H-pyrrole nitrogens is 1. The fraction of sp³-hybridized carbons (Fsp3) is 0.500. The Balaban J connectivity index is 3.28. The van der Waals surface area contributed by atoms with Crippen molar-refractivity contribution in [3.8, 4) is 0 Å². The van der Waals surface area contributed by atoms with Crippen LogP contribution in [0.15, 0.2) is 16.1 Å². The van der Waals surface area contributed by atoms with Crippen LogP contribution in [0.5, 0.6) is 0 Å². The van der Waals surface area contributed by atoms with Crippen LogP contribution in [0.1, 0.15) is 13.3 Å². The van der Waals surface area contributed by atoms with Gasteiger partial charge in [0.1, 0.15) is 3.57 Å². The summed E-state index contributed by atoms with van der Waals surface area (Å²) in [7, 11) is -3.58. The lowest BCUT2D eigenvalue weighted by atomic mass is 10.4. The molecule has 16 heavy (non-hydrogen) atoms. The van der Waals surface area contributed by atoms with E-state index in [-0.39, 0.29) is 14.5 Å². The minimum Gasteiger partial charge on any atom is -0.312 e. The maximum absolute atomic E-state index is 12.0. The van der Waals surface area contributed by atoms with Gasteiger partial charge in [-0.2, -0.15) is 0 Å². The average Bonchev–Trinajstić information content (AvgIpc) is 2.22. The molecule has 1 aromatic rings. The number of aromatic nitrogens is 2. The minimum atomic E-state index is -3.58. The van der Waals surface area contributed by atoms with Crippen LogP contribution in [0.2, 0.25) is 0 Å². The lowest BCUT2D eigenvalue weighted by molar-refractivity contribution is 0.575. The molecule has 0 aromatic carbocycles. The Morgan fingerprint density at radius 3 is 2.81 bits per heavy atom. The molecule has 1 N–H and O–H groups in total. The van der Waals surface area contributed by atoms with Gasteiger partial charge >= 0.3 is 0 Å². The Bertz CT molecular complexity index is 528. The number of sulfone groups is 1. The molecule has 0 radical (unpaired) electrons. The van der Waals surface area contributed by atoms with Crippen LogP contribution < -0.4 is 5.56 Å². The van der Waals surface area contributed by atoms with Crippen molar-refractivity contribution in [2.75, 3.05) is 5.88 Å². The highest BCUT2D eigenvalue weighted by molar-refractivity contribution is 14.1. The third-order valence-electron chi connectivity index (χ3n) is 2.08. The Morgan fingerprint density at radius 1 is 1.62 bits per heavy atom. The smallest absolute Gasteiger partial charge is 0.265 e. The molecule has 1 rings (SSSR count). The maximum atomic E-state index is 12.0. The van der Waals surface area contributed by atoms with Crippen LogP contribution >= 0.6 is 34.2 Å². The quantitative estimate of drug-likeness (QED) is 0.486. The zero-order valence-electron chi connectivity index (χ0n) is 8.41. The van der Waals surface area contributed by atoms with Gasteiger partial charge in [-0.25, -0.2) is 13.4 Å². The van der Waals surface area contributed by atoms with E-state index in [1.165, 1.54) is 0 Å². The number of hydrogen-bond donors (Lipinski definition) is 1. The lowest BCUT2D eigenvalue weighted by Crippen LogP contribution is -2.24. The molecule has 5 nitrogen and oxygen atoms in total. The second kappa shape index (κ2) is 5.46. The summed E-state index contributed by atoms with van der Waals surface area (Å²) in [5, 5.41) is -0.817. The van der Waals surface area contributed by atoms with E-state index in [4.69, 9.17) is 11.6 Å². The molecule has 0 bridgehead atoms. The zero-order chi connectivity index (χ0) is 12.3. The van der Waals surface area contributed by atoms with Crippen molar-refractivity contribution >= 4 is 44.0 Å². The summed E-state index contributed by atoms with van der Waals surface area (Å²) in [4.78, 5) is 17.3. The van der Waals surface area contributed by atoms with Gasteiger partial charge in [0.15, 0.2) is 14.9 Å². The SMILES string of the molecule is CC(CCCl)S(=O)(=O)c1nc[nH]c(=O)c1I. The minimum absolute atomic E-state index is 0.0847. The van der Waals surface area contributed by atoms with Gasteiger partial charge in [0.25, 0.3) is 5.56 Å². The van der Waals surface area contributed by atoms with E-state index in [2.05, 4.69) is 9.97 Å². The number of hydrogen-bond acceptors (Lipinski definition) is 4. The summed E-state index contributed by atoms with van der Waals surface area (Å²) in [6.45, 7) is 1.55. The van der Waals surface area contributed by atoms with Crippen molar-refractivity contribution in [3.63, 3.8) is 0 Å². The molecule has 0 aliphatic heterocycles. The van der Waals surface area contributed by atoms with Crippen molar-refractivity contribution in [1.29, 1.82) is 0 Å². The molecular weight excluding hydrogens is 367 g/mol. The first-order chi connectivity index (χ1) is 7.41. The average molecular weight is 377 g/mol.